The van der Waals surface area contributed by atoms with Gasteiger partial charge in [0.25, 0.3) is 5.91 Å². The molecule has 7 nitrogen and oxygen atoms in total. The summed E-state index contributed by atoms with van der Waals surface area (Å²) in [4.78, 5) is 24.8. The summed E-state index contributed by atoms with van der Waals surface area (Å²) in [7, 11) is 0. The molecule has 0 aliphatic rings. The van der Waals surface area contributed by atoms with Crippen LogP contribution < -0.4 is 16.6 Å². The van der Waals surface area contributed by atoms with Crippen molar-refractivity contribution in [3.05, 3.63) is 41.7 Å². The van der Waals surface area contributed by atoms with Gasteiger partial charge in [-0.1, -0.05) is 13.8 Å². The molecule has 110 valence electrons. The van der Waals surface area contributed by atoms with Crippen molar-refractivity contribution in [2.45, 2.75) is 26.7 Å². The second-order valence-electron chi connectivity index (χ2n) is 4.93. The van der Waals surface area contributed by atoms with Gasteiger partial charge in [-0.05, 0) is 18.6 Å². The molecule has 2 aromatic rings. The van der Waals surface area contributed by atoms with Crippen molar-refractivity contribution in [1.29, 1.82) is 0 Å². The van der Waals surface area contributed by atoms with E-state index in [1.54, 1.807) is 12.4 Å². The fraction of sp³-hybridized carbons (Fsp3) is 0.286. The van der Waals surface area contributed by atoms with Crippen LogP contribution in [0.15, 0.2) is 24.7 Å². The zero-order chi connectivity index (χ0) is 15.4. The predicted molar refractivity (Wildman–Crippen MR) is 80.9 cm³/mol. The van der Waals surface area contributed by atoms with Crippen molar-refractivity contribution in [3.8, 4) is 0 Å². The molecule has 2 rings (SSSR count). The number of pyridine rings is 1. The second-order valence-corrected chi connectivity index (χ2v) is 4.93. The molecule has 0 aliphatic heterocycles. The summed E-state index contributed by atoms with van der Waals surface area (Å²) >= 11 is 0. The van der Waals surface area contributed by atoms with Gasteiger partial charge < -0.3 is 10.7 Å². The summed E-state index contributed by atoms with van der Waals surface area (Å²) in [6.45, 7) is 5.80. The van der Waals surface area contributed by atoms with E-state index in [0.717, 1.165) is 5.56 Å². The number of nitrogen functional groups attached to an aromatic ring is 1. The topological polar surface area (TPSA) is 106 Å². The van der Waals surface area contributed by atoms with Gasteiger partial charge in [0, 0.05) is 12.1 Å². The van der Waals surface area contributed by atoms with Crippen LogP contribution in [-0.2, 0) is 0 Å². The fourth-order valence-corrected chi connectivity index (χ4v) is 1.73. The third kappa shape index (κ3) is 3.32. The van der Waals surface area contributed by atoms with Gasteiger partial charge in [-0.3, -0.25) is 15.6 Å². The van der Waals surface area contributed by atoms with Crippen LogP contribution in [0.2, 0.25) is 0 Å². The fourth-order valence-electron chi connectivity index (χ4n) is 1.73. The van der Waals surface area contributed by atoms with Gasteiger partial charge in [0.1, 0.15) is 5.82 Å². The highest BCUT2D eigenvalue weighted by Gasteiger charge is 2.17. The Labute approximate surface area is 123 Å². The number of nitrogens with zero attached hydrogens (tertiary/aromatic N) is 3. The number of amides is 1. The largest absolute Gasteiger partial charge is 0.321 e. The lowest BCUT2D eigenvalue weighted by atomic mass is 10.2. The van der Waals surface area contributed by atoms with Crippen LogP contribution >= 0.6 is 0 Å². The van der Waals surface area contributed by atoms with Crippen LogP contribution in [0.5, 0.6) is 0 Å². The molecule has 0 aromatic carbocycles. The number of hydrogen-bond donors (Lipinski definition) is 3. The van der Waals surface area contributed by atoms with Crippen molar-refractivity contribution in [2.75, 3.05) is 10.7 Å². The van der Waals surface area contributed by atoms with E-state index < -0.39 is 0 Å². The molecule has 0 saturated carbocycles. The van der Waals surface area contributed by atoms with E-state index in [2.05, 4.69) is 25.7 Å². The molecule has 2 heterocycles. The number of rotatable bonds is 4. The Bertz CT molecular complexity index is 656. The summed E-state index contributed by atoms with van der Waals surface area (Å²) in [6.07, 6.45) is 4.76. The van der Waals surface area contributed by atoms with E-state index in [9.17, 15) is 4.79 Å². The Morgan fingerprint density at radius 3 is 2.67 bits per heavy atom. The number of aromatic nitrogens is 3. The highest BCUT2D eigenvalue weighted by Crippen LogP contribution is 2.18. The van der Waals surface area contributed by atoms with Crippen LogP contribution in [0.4, 0.5) is 11.4 Å². The normalized spacial score (nSPS) is 10.5. The number of anilines is 2. The number of hydrogen-bond acceptors (Lipinski definition) is 6. The zero-order valence-electron chi connectivity index (χ0n) is 12.2. The van der Waals surface area contributed by atoms with Crippen molar-refractivity contribution in [3.63, 3.8) is 0 Å². The summed E-state index contributed by atoms with van der Waals surface area (Å²) in [5.41, 5.74) is 4.57. The second kappa shape index (κ2) is 6.27. The van der Waals surface area contributed by atoms with E-state index in [-0.39, 0.29) is 17.5 Å². The predicted octanol–water partition coefficient (Wildman–Crippen LogP) is 1.84. The molecular formula is C14H18N6O. The van der Waals surface area contributed by atoms with Gasteiger partial charge >= 0.3 is 0 Å². The van der Waals surface area contributed by atoms with Gasteiger partial charge in [0.15, 0.2) is 5.69 Å². The van der Waals surface area contributed by atoms with Gasteiger partial charge in [0.2, 0.25) is 0 Å². The van der Waals surface area contributed by atoms with Gasteiger partial charge in [-0.15, -0.1) is 0 Å². The van der Waals surface area contributed by atoms with Crippen LogP contribution in [-0.4, -0.2) is 20.9 Å². The summed E-state index contributed by atoms with van der Waals surface area (Å²) in [6, 6.07) is 1.82. The molecule has 0 saturated heterocycles. The lowest BCUT2D eigenvalue weighted by Gasteiger charge is -2.12. The van der Waals surface area contributed by atoms with E-state index in [1.165, 1.54) is 6.20 Å². The van der Waals surface area contributed by atoms with Crippen LogP contribution in [0.3, 0.4) is 0 Å². The maximum Gasteiger partial charge on any atom is 0.276 e. The minimum atomic E-state index is -0.358. The molecule has 0 atom stereocenters. The van der Waals surface area contributed by atoms with E-state index in [1.807, 2.05) is 26.8 Å². The first-order valence-electron chi connectivity index (χ1n) is 6.58. The molecule has 0 radical (unpaired) electrons. The molecule has 7 heteroatoms. The average Bonchev–Trinajstić information content (AvgIpc) is 2.48. The van der Waals surface area contributed by atoms with Gasteiger partial charge in [-0.25, -0.2) is 9.97 Å². The third-order valence-electron chi connectivity index (χ3n) is 2.98. The Hall–Kier alpha value is -2.54. The smallest absolute Gasteiger partial charge is 0.276 e. The molecule has 21 heavy (non-hydrogen) atoms. The maximum absolute atomic E-state index is 12.4. The standard InChI is InChI=1S/C14H18N6O/c1-8(2)13-17-7-11(20-15)12(19-13)14(21)18-10-6-16-5-4-9(10)3/h4-8,20H,15H2,1-3H3,(H,18,21). The molecule has 4 N–H and O–H groups in total. The number of aryl methyl sites for hydroxylation is 1. The number of nitrogens with one attached hydrogen (secondary N) is 2. The molecule has 2 aromatic heterocycles. The zero-order valence-corrected chi connectivity index (χ0v) is 12.2. The van der Waals surface area contributed by atoms with E-state index in [4.69, 9.17) is 5.84 Å². The average molecular weight is 286 g/mol. The first-order valence-corrected chi connectivity index (χ1v) is 6.58. The monoisotopic (exact) mass is 286 g/mol. The summed E-state index contributed by atoms with van der Waals surface area (Å²) in [5, 5.41) is 2.78. The van der Waals surface area contributed by atoms with Crippen molar-refractivity contribution in [1.82, 2.24) is 15.0 Å². The molecule has 0 unspecified atom stereocenters. The quantitative estimate of drug-likeness (QED) is 0.585. The van der Waals surface area contributed by atoms with Crippen molar-refractivity contribution < 1.29 is 4.79 Å². The lowest BCUT2D eigenvalue weighted by Crippen LogP contribution is -2.21. The van der Waals surface area contributed by atoms with Gasteiger partial charge in [0.05, 0.1) is 23.8 Å². The Morgan fingerprint density at radius 1 is 1.29 bits per heavy atom. The molecule has 0 aliphatic carbocycles. The SMILES string of the molecule is Cc1ccncc1NC(=O)c1nc(C(C)C)ncc1NN. The third-order valence-corrected chi connectivity index (χ3v) is 2.98. The molecule has 0 spiro atoms. The van der Waals surface area contributed by atoms with Crippen LogP contribution in [0, 0.1) is 6.92 Å². The molecule has 0 bridgehead atoms. The Balaban J connectivity index is 2.34. The van der Waals surface area contributed by atoms with Crippen molar-refractivity contribution in [2.24, 2.45) is 5.84 Å². The maximum atomic E-state index is 12.4. The molecular weight excluding hydrogens is 268 g/mol. The number of hydrazine groups is 1. The Morgan fingerprint density at radius 2 is 2.05 bits per heavy atom. The number of carbonyl (C=O) groups excluding carboxylic acids is 1. The highest BCUT2D eigenvalue weighted by atomic mass is 16.1. The van der Waals surface area contributed by atoms with E-state index in [0.29, 0.717) is 17.2 Å². The van der Waals surface area contributed by atoms with Crippen LogP contribution in [0.1, 0.15) is 41.6 Å². The first-order chi connectivity index (χ1) is 10.0. The molecule has 1 amide bonds. The summed E-state index contributed by atoms with van der Waals surface area (Å²) in [5.74, 6) is 5.76. The highest BCUT2D eigenvalue weighted by molar-refractivity contribution is 6.06. The molecule has 0 fully saturated rings. The lowest BCUT2D eigenvalue weighted by molar-refractivity contribution is 0.102. The van der Waals surface area contributed by atoms with Crippen molar-refractivity contribution >= 4 is 17.3 Å². The Kier molecular flexibility index (Phi) is 4.44. The van der Waals surface area contributed by atoms with E-state index >= 15 is 0 Å². The minimum absolute atomic E-state index is 0.114. The van der Waals surface area contributed by atoms with Crippen LogP contribution in [0.25, 0.3) is 0 Å². The van der Waals surface area contributed by atoms with Gasteiger partial charge in [-0.2, -0.15) is 0 Å². The minimum Gasteiger partial charge on any atom is -0.321 e. The first kappa shape index (κ1) is 14.9. The number of carbonyl (C=O) groups is 1. The summed E-state index contributed by atoms with van der Waals surface area (Å²) < 4.78 is 0. The number of nitrogens with two attached hydrogens (primary N) is 1.